The van der Waals surface area contributed by atoms with E-state index in [-0.39, 0.29) is 22.2 Å². The van der Waals surface area contributed by atoms with Gasteiger partial charge in [0, 0.05) is 58.5 Å². The molecule has 0 unspecified atom stereocenters. The van der Waals surface area contributed by atoms with E-state index >= 15 is 0 Å². The number of carbonyl (C=O) groups is 2. The third-order valence-corrected chi connectivity index (χ3v) is 8.94. The zero-order chi connectivity index (χ0) is 29.2. The van der Waals surface area contributed by atoms with E-state index in [2.05, 4.69) is 45.8 Å². The molecule has 1 aromatic heterocycles. The molecular formula is C27H35N5O4S3. The summed E-state index contributed by atoms with van der Waals surface area (Å²) in [5, 5.41) is 6.16. The molecule has 0 atom stereocenters. The Hall–Kier alpha value is -2.77. The molecule has 2 aromatic carbocycles. The molecule has 0 saturated carbocycles. The van der Waals surface area contributed by atoms with Crippen LogP contribution in [0.15, 0.2) is 52.4 Å². The smallest absolute Gasteiger partial charge is 0.241 e. The number of amides is 2. The predicted molar refractivity (Wildman–Crippen MR) is 160 cm³/mol. The third kappa shape index (κ3) is 8.87. The van der Waals surface area contributed by atoms with Gasteiger partial charge in [0.2, 0.25) is 21.8 Å². The maximum Gasteiger partial charge on any atom is 0.241 e. The largest absolute Gasteiger partial charge is 0.326 e. The summed E-state index contributed by atoms with van der Waals surface area (Å²) in [6.45, 7) is 14.3. The van der Waals surface area contributed by atoms with Gasteiger partial charge in [0.15, 0.2) is 0 Å². The van der Waals surface area contributed by atoms with E-state index < -0.39 is 15.6 Å². The van der Waals surface area contributed by atoms with Gasteiger partial charge in [0.05, 0.1) is 9.77 Å². The number of hydrogen-bond acceptors (Lipinski definition) is 8. The Balaban J connectivity index is 2.11. The van der Waals surface area contributed by atoms with Gasteiger partial charge in [-0.25, -0.2) is 18.1 Å². The Labute approximate surface area is 238 Å². The molecule has 39 heavy (non-hydrogen) atoms. The van der Waals surface area contributed by atoms with E-state index in [4.69, 9.17) is 0 Å². The topological polar surface area (TPSA) is 129 Å². The van der Waals surface area contributed by atoms with Crippen LogP contribution < -0.4 is 20.1 Å². The van der Waals surface area contributed by atoms with Gasteiger partial charge in [-0.3, -0.25) is 14.3 Å². The van der Waals surface area contributed by atoms with Crippen molar-refractivity contribution in [2.75, 3.05) is 10.6 Å². The number of hydrogen-bond donors (Lipinski definition) is 4. The highest BCUT2D eigenvalue weighted by atomic mass is 32.2. The normalized spacial score (nSPS) is 12.3. The van der Waals surface area contributed by atoms with Gasteiger partial charge in [-0.1, -0.05) is 6.07 Å². The molecule has 0 radical (unpaired) electrons. The van der Waals surface area contributed by atoms with E-state index in [1.54, 1.807) is 39.1 Å². The summed E-state index contributed by atoms with van der Waals surface area (Å²) in [4.78, 5) is 29.4. The number of rotatable bonds is 8. The van der Waals surface area contributed by atoms with E-state index in [1.165, 1.54) is 43.2 Å². The molecule has 3 aromatic rings. The summed E-state index contributed by atoms with van der Waals surface area (Å²) < 4.78 is 33.0. The van der Waals surface area contributed by atoms with Gasteiger partial charge in [-0.2, -0.15) is 0 Å². The van der Waals surface area contributed by atoms with Crippen LogP contribution in [0, 0.1) is 0 Å². The SMILES string of the molecule is CC(=O)Nc1ccc(-c2ncc(-c3ccc(NC(C)=O)cc3S(=O)(=O)NC(C)(C)C)s2)c(SNC(C)(C)C)c1. The summed E-state index contributed by atoms with van der Waals surface area (Å²) in [7, 11) is -3.94. The first kappa shape index (κ1) is 30.8. The maximum absolute atomic E-state index is 13.4. The van der Waals surface area contributed by atoms with Gasteiger partial charge in [0.1, 0.15) is 5.01 Å². The van der Waals surface area contributed by atoms with Gasteiger partial charge in [0.25, 0.3) is 0 Å². The summed E-state index contributed by atoms with van der Waals surface area (Å²) in [5.74, 6) is -0.467. The van der Waals surface area contributed by atoms with E-state index in [0.29, 0.717) is 26.8 Å². The molecule has 2 amide bonds. The average molecular weight is 590 g/mol. The zero-order valence-corrected chi connectivity index (χ0v) is 25.8. The van der Waals surface area contributed by atoms with Gasteiger partial charge < -0.3 is 10.6 Å². The Morgan fingerprint density at radius 2 is 1.41 bits per heavy atom. The Kier molecular flexibility index (Phi) is 9.28. The Morgan fingerprint density at radius 1 is 0.846 bits per heavy atom. The summed E-state index contributed by atoms with van der Waals surface area (Å²) in [6.07, 6.45) is 1.65. The van der Waals surface area contributed by atoms with Crippen molar-refractivity contribution in [3.8, 4) is 21.0 Å². The van der Waals surface area contributed by atoms with Gasteiger partial charge in [-0.05, 0) is 83.8 Å². The molecule has 0 saturated heterocycles. The predicted octanol–water partition coefficient (Wildman–Crippen LogP) is 5.87. The minimum absolute atomic E-state index is 0.0453. The lowest BCUT2D eigenvalue weighted by molar-refractivity contribution is -0.115. The van der Waals surface area contributed by atoms with Crippen LogP contribution in [-0.2, 0) is 19.6 Å². The number of sulfonamides is 1. The van der Waals surface area contributed by atoms with Crippen LogP contribution in [-0.4, -0.2) is 36.3 Å². The Bertz CT molecular complexity index is 1490. The second kappa shape index (κ2) is 11.8. The molecule has 210 valence electrons. The number of anilines is 2. The first-order chi connectivity index (χ1) is 17.9. The molecule has 0 spiro atoms. The second-order valence-corrected chi connectivity index (χ2v) is 14.7. The van der Waals surface area contributed by atoms with Gasteiger partial charge in [-0.15, -0.1) is 11.3 Å². The number of thiazole rings is 1. The molecule has 0 aliphatic rings. The highest BCUT2D eigenvalue weighted by Gasteiger charge is 2.27. The molecule has 0 aliphatic carbocycles. The van der Waals surface area contributed by atoms with Crippen molar-refractivity contribution in [1.82, 2.24) is 14.4 Å². The standard InChI is InChI=1S/C27H35N5O4S3/c1-16(33)29-18-10-12-21(22(13-18)38-31-26(3,4)5)25-28-15-23(37-25)20-11-9-19(30-17(2)34)14-24(20)39(35,36)32-27(6,7)8/h9-15,31-32H,1-8H3,(H,29,33)(H,30,34). The van der Waals surface area contributed by atoms with Crippen LogP contribution >= 0.6 is 23.3 Å². The third-order valence-electron chi connectivity index (χ3n) is 4.80. The molecular weight excluding hydrogens is 555 g/mol. The van der Waals surface area contributed by atoms with E-state index in [0.717, 1.165) is 10.5 Å². The fraction of sp³-hybridized carbons (Fsp3) is 0.370. The van der Waals surface area contributed by atoms with Gasteiger partial charge >= 0.3 is 0 Å². The lowest BCUT2D eigenvalue weighted by Gasteiger charge is -2.22. The first-order valence-corrected chi connectivity index (χ1v) is 15.3. The summed E-state index contributed by atoms with van der Waals surface area (Å²) >= 11 is 2.79. The van der Waals surface area contributed by atoms with Crippen LogP contribution in [0.3, 0.4) is 0 Å². The molecule has 3 rings (SSSR count). The molecule has 0 aliphatic heterocycles. The fourth-order valence-electron chi connectivity index (χ4n) is 3.48. The van der Waals surface area contributed by atoms with Crippen molar-refractivity contribution in [2.24, 2.45) is 0 Å². The van der Waals surface area contributed by atoms with Crippen LogP contribution in [0.4, 0.5) is 11.4 Å². The van der Waals surface area contributed by atoms with Crippen LogP contribution in [0.2, 0.25) is 0 Å². The van der Waals surface area contributed by atoms with Crippen molar-refractivity contribution in [3.63, 3.8) is 0 Å². The quantitative estimate of drug-likeness (QED) is 0.242. The van der Waals surface area contributed by atoms with Crippen molar-refractivity contribution in [1.29, 1.82) is 0 Å². The molecule has 0 bridgehead atoms. The fourth-order valence-corrected chi connectivity index (χ4v) is 7.15. The first-order valence-electron chi connectivity index (χ1n) is 12.2. The molecule has 4 N–H and O–H groups in total. The lowest BCUT2D eigenvalue weighted by Crippen LogP contribution is -2.40. The monoisotopic (exact) mass is 589 g/mol. The van der Waals surface area contributed by atoms with E-state index in [9.17, 15) is 18.0 Å². The van der Waals surface area contributed by atoms with Crippen molar-refractivity contribution in [3.05, 3.63) is 42.6 Å². The van der Waals surface area contributed by atoms with Crippen molar-refractivity contribution < 1.29 is 18.0 Å². The Morgan fingerprint density at radius 3 is 1.95 bits per heavy atom. The van der Waals surface area contributed by atoms with E-state index in [1.807, 2.05) is 18.2 Å². The van der Waals surface area contributed by atoms with Crippen LogP contribution in [0.1, 0.15) is 55.4 Å². The number of aromatic nitrogens is 1. The molecule has 1 heterocycles. The number of nitrogens with zero attached hydrogens (tertiary/aromatic N) is 1. The maximum atomic E-state index is 13.4. The molecule has 0 fully saturated rings. The summed E-state index contributed by atoms with van der Waals surface area (Å²) in [5.41, 5.74) is 1.48. The van der Waals surface area contributed by atoms with Crippen molar-refractivity contribution >= 4 is 56.5 Å². The number of carbonyl (C=O) groups excluding carboxylic acids is 2. The van der Waals surface area contributed by atoms with Crippen molar-refractivity contribution in [2.45, 2.75) is 76.3 Å². The lowest BCUT2D eigenvalue weighted by atomic mass is 10.1. The molecule has 9 nitrogen and oxygen atoms in total. The minimum atomic E-state index is -3.94. The number of nitrogens with one attached hydrogen (secondary N) is 4. The average Bonchev–Trinajstić information content (AvgIpc) is 3.25. The minimum Gasteiger partial charge on any atom is -0.326 e. The zero-order valence-electron chi connectivity index (χ0n) is 23.3. The van der Waals surface area contributed by atoms with Crippen LogP contribution in [0.5, 0.6) is 0 Å². The van der Waals surface area contributed by atoms with Crippen LogP contribution in [0.25, 0.3) is 21.0 Å². The summed E-state index contributed by atoms with van der Waals surface area (Å²) in [6, 6.07) is 10.4. The highest BCUT2D eigenvalue weighted by molar-refractivity contribution is 7.97. The second-order valence-electron chi connectivity index (χ2n) is 11.1. The number of benzene rings is 2. The molecule has 12 heteroatoms. The highest BCUT2D eigenvalue weighted by Crippen LogP contribution is 2.40.